The minimum absolute atomic E-state index is 0.289. The molecule has 0 unspecified atom stereocenters. The van der Waals surface area contributed by atoms with E-state index in [0.717, 1.165) is 5.56 Å². The number of halogens is 1. The number of rotatable bonds is 8. The first-order valence-corrected chi connectivity index (χ1v) is 14.1. The summed E-state index contributed by atoms with van der Waals surface area (Å²) >= 11 is 7.72. The molecule has 0 radical (unpaired) electrons. The highest BCUT2D eigenvalue weighted by Gasteiger charge is 2.32. The van der Waals surface area contributed by atoms with Gasteiger partial charge in [-0.25, -0.2) is 4.99 Å². The first-order chi connectivity index (χ1) is 19.8. The quantitative estimate of drug-likeness (QED) is 0.314. The van der Waals surface area contributed by atoms with Crippen LogP contribution in [0.1, 0.15) is 31.0 Å². The number of aromatic nitrogens is 1. The molecule has 0 spiro atoms. The summed E-state index contributed by atoms with van der Waals surface area (Å²) in [4.78, 5) is 32.9. The van der Waals surface area contributed by atoms with Crippen LogP contribution >= 0.6 is 22.9 Å². The lowest BCUT2D eigenvalue weighted by Gasteiger charge is -2.25. The zero-order chi connectivity index (χ0) is 29.1. The molecule has 8 nitrogen and oxygen atoms in total. The van der Waals surface area contributed by atoms with Gasteiger partial charge in [-0.3, -0.25) is 14.2 Å². The Morgan fingerprint density at radius 3 is 2.59 bits per heavy atom. The molecule has 0 saturated heterocycles. The zero-order valence-corrected chi connectivity index (χ0v) is 24.5. The Hall–Kier alpha value is -4.34. The molecule has 1 aromatic heterocycles. The molecule has 0 saturated carbocycles. The van der Waals surface area contributed by atoms with Gasteiger partial charge in [0.15, 0.2) is 16.3 Å². The van der Waals surface area contributed by atoms with Gasteiger partial charge >= 0.3 is 0 Å². The maximum Gasteiger partial charge on any atom is 0.271 e. The molecule has 0 aliphatic carbocycles. The van der Waals surface area contributed by atoms with Crippen molar-refractivity contribution in [3.05, 3.63) is 114 Å². The Bertz CT molecular complexity index is 1830. The molecule has 0 fully saturated rings. The van der Waals surface area contributed by atoms with Gasteiger partial charge in [0.05, 0.1) is 47.7 Å². The van der Waals surface area contributed by atoms with Crippen molar-refractivity contribution in [1.82, 2.24) is 4.57 Å². The van der Waals surface area contributed by atoms with E-state index in [4.69, 9.17) is 30.8 Å². The van der Waals surface area contributed by atoms with E-state index in [-0.39, 0.29) is 11.5 Å². The molecule has 3 aromatic carbocycles. The molecule has 1 atom stereocenters. The summed E-state index contributed by atoms with van der Waals surface area (Å²) in [6.07, 6.45) is 1.74. The summed E-state index contributed by atoms with van der Waals surface area (Å²) < 4.78 is 18.5. The Morgan fingerprint density at radius 1 is 1.10 bits per heavy atom. The third-order valence-corrected chi connectivity index (χ3v) is 7.81. The lowest BCUT2D eigenvalue weighted by atomic mass is 9.95. The molecule has 210 valence electrons. The SMILES string of the molecule is CCOc1c(Cl)cc(/C=c2\sc3n(c2=O)[C@H](c2cccc(OC)c2)C(C(=O)Nc2ccccc2)=C(C)N=3)cc1OC. The number of ether oxygens (including phenoxy) is 3. The predicted octanol–water partition coefficient (Wildman–Crippen LogP) is 4.94. The number of carbonyl (C=O) groups excluding carboxylic acids is 1. The van der Waals surface area contributed by atoms with Gasteiger partial charge in [-0.15, -0.1) is 0 Å². The van der Waals surface area contributed by atoms with Crippen molar-refractivity contribution in [3.63, 3.8) is 0 Å². The lowest BCUT2D eigenvalue weighted by molar-refractivity contribution is -0.113. The number of benzene rings is 3. The molecule has 1 aliphatic heterocycles. The summed E-state index contributed by atoms with van der Waals surface area (Å²) in [5.74, 6) is 1.17. The number of hydrogen-bond donors (Lipinski definition) is 1. The van der Waals surface area contributed by atoms with Crippen molar-refractivity contribution in [2.45, 2.75) is 19.9 Å². The van der Waals surface area contributed by atoms with Crippen LogP contribution in [0.25, 0.3) is 6.08 Å². The second-order valence-corrected chi connectivity index (χ2v) is 10.6. The Morgan fingerprint density at radius 2 is 1.88 bits per heavy atom. The van der Waals surface area contributed by atoms with Crippen LogP contribution in [0.15, 0.2) is 87.8 Å². The van der Waals surface area contributed by atoms with E-state index < -0.39 is 6.04 Å². The third-order valence-electron chi connectivity index (χ3n) is 6.55. The van der Waals surface area contributed by atoms with Gasteiger partial charge in [-0.05, 0) is 67.4 Å². The Balaban J connectivity index is 1.67. The summed E-state index contributed by atoms with van der Waals surface area (Å²) in [7, 11) is 3.11. The largest absolute Gasteiger partial charge is 0.497 e. The molecular formula is C31H28ClN3O5S. The molecule has 10 heteroatoms. The number of carbonyl (C=O) groups is 1. The average Bonchev–Trinajstić information content (AvgIpc) is 3.27. The van der Waals surface area contributed by atoms with E-state index in [9.17, 15) is 9.59 Å². The number of methoxy groups -OCH3 is 2. The average molecular weight is 590 g/mol. The van der Waals surface area contributed by atoms with Crippen molar-refractivity contribution < 1.29 is 19.0 Å². The van der Waals surface area contributed by atoms with Crippen molar-refractivity contribution in [2.75, 3.05) is 26.1 Å². The van der Waals surface area contributed by atoms with Crippen LogP contribution in [-0.2, 0) is 4.79 Å². The molecule has 1 aliphatic rings. The van der Waals surface area contributed by atoms with Crippen LogP contribution in [0.3, 0.4) is 0 Å². The van der Waals surface area contributed by atoms with Crippen LogP contribution in [0, 0.1) is 0 Å². The fraction of sp³-hybridized carbons (Fsp3) is 0.194. The van der Waals surface area contributed by atoms with Gasteiger partial charge in [0.25, 0.3) is 11.5 Å². The normalized spacial score (nSPS) is 14.8. The van der Waals surface area contributed by atoms with Crippen molar-refractivity contribution in [2.24, 2.45) is 4.99 Å². The van der Waals surface area contributed by atoms with Crippen LogP contribution in [0.2, 0.25) is 5.02 Å². The van der Waals surface area contributed by atoms with Gasteiger partial charge in [-0.1, -0.05) is 53.3 Å². The van der Waals surface area contributed by atoms with Crippen molar-refractivity contribution in [1.29, 1.82) is 0 Å². The summed E-state index contributed by atoms with van der Waals surface area (Å²) in [6.45, 7) is 4.07. The Labute approximate surface area is 245 Å². The summed E-state index contributed by atoms with van der Waals surface area (Å²) in [6, 6.07) is 19.3. The highest BCUT2D eigenvalue weighted by molar-refractivity contribution is 7.07. The maximum absolute atomic E-state index is 14.0. The fourth-order valence-electron chi connectivity index (χ4n) is 4.72. The van der Waals surface area contributed by atoms with Gasteiger partial charge < -0.3 is 19.5 Å². The second-order valence-electron chi connectivity index (χ2n) is 9.15. The first kappa shape index (κ1) is 28.2. The first-order valence-electron chi connectivity index (χ1n) is 12.9. The summed E-state index contributed by atoms with van der Waals surface area (Å²) in [5, 5.41) is 3.32. The van der Waals surface area contributed by atoms with Crippen LogP contribution in [0.5, 0.6) is 17.2 Å². The molecule has 1 N–H and O–H groups in total. The standard InChI is InChI=1S/C31H28ClN3O5S/c1-5-40-28-23(32)14-19(15-24(28)39-4)16-25-30(37)35-27(20-10-9-13-22(17-20)38-3)26(18(2)33-31(35)41-25)29(36)34-21-11-7-6-8-12-21/h6-17,27H,5H2,1-4H3,(H,34,36)/b25-16-/t27-/m1/s1. The van der Waals surface area contributed by atoms with Gasteiger partial charge in [-0.2, -0.15) is 0 Å². The van der Waals surface area contributed by atoms with E-state index in [0.29, 0.717) is 60.7 Å². The fourth-order valence-corrected chi connectivity index (χ4v) is 6.04. The number of anilines is 1. The van der Waals surface area contributed by atoms with E-state index in [1.54, 1.807) is 48.9 Å². The molecule has 0 bridgehead atoms. The number of fused-ring (bicyclic) bond motifs is 1. The number of allylic oxidation sites excluding steroid dienone is 1. The second kappa shape index (κ2) is 12.0. The third kappa shape index (κ3) is 5.64. The van der Waals surface area contributed by atoms with Gasteiger partial charge in [0, 0.05) is 5.69 Å². The minimum atomic E-state index is -0.731. The molecular weight excluding hydrogens is 562 g/mol. The number of amides is 1. The van der Waals surface area contributed by atoms with E-state index in [1.165, 1.54) is 18.4 Å². The molecule has 1 amide bonds. The van der Waals surface area contributed by atoms with E-state index in [1.807, 2.05) is 49.4 Å². The topological polar surface area (TPSA) is 91.2 Å². The zero-order valence-electron chi connectivity index (χ0n) is 22.9. The molecule has 41 heavy (non-hydrogen) atoms. The van der Waals surface area contributed by atoms with Crippen molar-refractivity contribution in [3.8, 4) is 17.2 Å². The van der Waals surface area contributed by atoms with Gasteiger partial charge in [0.1, 0.15) is 5.75 Å². The molecule has 2 heterocycles. The highest BCUT2D eigenvalue weighted by Crippen LogP contribution is 2.37. The predicted molar refractivity (Wildman–Crippen MR) is 161 cm³/mol. The monoisotopic (exact) mass is 589 g/mol. The Kier molecular flexibility index (Phi) is 8.28. The smallest absolute Gasteiger partial charge is 0.271 e. The van der Waals surface area contributed by atoms with Gasteiger partial charge in [0.2, 0.25) is 0 Å². The van der Waals surface area contributed by atoms with Crippen LogP contribution in [0.4, 0.5) is 5.69 Å². The van der Waals surface area contributed by atoms with E-state index >= 15 is 0 Å². The number of para-hydroxylation sites is 1. The number of nitrogens with zero attached hydrogens (tertiary/aromatic N) is 2. The molecule has 5 rings (SSSR count). The number of hydrogen-bond acceptors (Lipinski definition) is 7. The molecule has 4 aromatic rings. The van der Waals surface area contributed by atoms with Crippen LogP contribution < -0.4 is 34.4 Å². The van der Waals surface area contributed by atoms with E-state index in [2.05, 4.69) is 5.32 Å². The highest BCUT2D eigenvalue weighted by atomic mass is 35.5. The van der Waals surface area contributed by atoms with Crippen LogP contribution in [-0.4, -0.2) is 31.3 Å². The number of nitrogens with one attached hydrogen (secondary N) is 1. The lowest BCUT2D eigenvalue weighted by Crippen LogP contribution is -2.40. The summed E-state index contributed by atoms with van der Waals surface area (Å²) in [5.41, 5.74) is 2.62. The maximum atomic E-state index is 14.0. The minimum Gasteiger partial charge on any atom is -0.497 e. The van der Waals surface area contributed by atoms with Crippen molar-refractivity contribution >= 4 is 40.6 Å². The number of thiazole rings is 1.